The molecule has 0 unspecified atom stereocenters. The van der Waals surface area contributed by atoms with Gasteiger partial charge in [-0.1, -0.05) is 41.9 Å². The summed E-state index contributed by atoms with van der Waals surface area (Å²) in [4.78, 5) is 15.8. The number of aromatic nitrogens is 2. The van der Waals surface area contributed by atoms with Gasteiger partial charge in [0, 0.05) is 17.0 Å². The predicted molar refractivity (Wildman–Crippen MR) is 112 cm³/mol. The van der Waals surface area contributed by atoms with Crippen molar-refractivity contribution >= 4 is 34.4 Å². The molecule has 28 heavy (non-hydrogen) atoms. The molecule has 7 nitrogen and oxygen atoms in total. The fourth-order valence-corrected chi connectivity index (χ4v) is 3.32. The highest BCUT2D eigenvalue weighted by Crippen LogP contribution is 2.26. The second kappa shape index (κ2) is 8.00. The Kier molecular flexibility index (Phi) is 5.27. The summed E-state index contributed by atoms with van der Waals surface area (Å²) in [5.41, 5.74) is 2.73. The standard InChI is InChI=1S/C20H21ClN6O/c1-13-15-7-5-9-17(28-2)18(15)25-20(24-13)26-19-22-11-27(12-23-19)10-14-6-3-4-8-16(14)21/h3-9H,10-12H2,1-2H3,(H2,22,23,24,25,26). The van der Waals surface area contributed by atoms with E-state index in [1.54, 1.807) is 7.11 Å². The van der Waals surface area contributed by atoms with Gasteiger partial charge >= 0.3 is 0 Å². The van der Waals surface area contributed by atoms with E-state index in [9.17, 15) is 0 Å². The van der Waals surface area contributed by atoms with E-state index >= 15 is 0 Å². The van der Waals surface area contributed by atoms with Crippen LogP contribution >= 0.6 is 11.6 Å². The molecule has 0 bridgehead atoms. The monoisotopic (exact) mass is 396 g/mol. The van der Waals surface area contributed by atoms with Crippen LogP contribution in [0.5, 0.6) is 5.75 Å². The predicted octanol–water partition coefficient (Wildman–Crippen LogP) is 3.39. The molecule has 0 saturated carbocycles. The lowest BCUT2D eigenvalue weighted by Gasteiger charge is -2.27. The van der Waals surface area contributed by atoms with Crippen molar-refractivity contribution in [1.82, 2.24) is 20.2 Å². The summed E-state index contributed by atoms with van der Waals surface area (Å²) in [5, 5.41) is 8.17. The van der Waals surface area contributed by atoms with Crippen molar-refractivity contribution in [3.05, 3.63) is 58.7 Å². The highest BCUT2D eigenvalue weighted by Gasteiger charge is 2.15. The molecule has 3 aromatic rings. The molecule has 2 N–H and O–H groups in total. The van der Waals surface area contributed by atoms with Gasteiger partial charge in [-0.05, 0) is 24.6 Å². The molecule has 0 amide bonds. The van der Waals surface area contributed by atoms with Crippen molar-refractivity contribution in [1.29, 1.82) is 0 Å². The van der Waals surface area contributed by atoms with Gasteiger partial charge in [0.2, 0.25) is 11.9 Å². The number of rotatable bonds is 4. The summed E-state index contributed by atoms with van der Waals surface area (Å²) in [6.07, 6.45) is 0. The summed E-state index contributed by atoms with van der Waals surface area (Å²) in [6, 6.07) is 13.7. The van der Waals surface area contributed by atoms with Gasteiger partial charge < -0.3 is 10.1 Å². The van der Waals surface area contributed by atoms with Crippen LogP contribution < -0.4 is 15.4 Å². The quantitative estimate of drug-likeness (QED) is 0.704. The fraction of sp³-hybridized carbons (Fsp3) is 0.250. The number of nitrogens with zero attached hydrogens (tertiary/aromatic N) is 4. The van der Waals surface area contributed by atoms with Crippen LogP contribution in [0.3, 0.4) is 0 Å². The number of ether oxygens (including phenoxy) is 1. The number of methoxy groups -OCH3 is 1. The largest absolute Gasteiger partial charge is 0.494 e. The van der Waals surface area contributed by atoms with Crippen LogP contribution in [-0.2, 0) is 6.54 Å². The van der Waals surface area contributed by atoms with Gasteiger partial charge in [0.05, 0.1) is 26.1 Å². The topological polar surface area (TPSA) is 74.7 Å². The maximum absolute atomic E-state index is 6.24. The summed E-state index contributed by atoms with van der Waals surface area (Å²) in [5.74, 6) is 1.85. The Balaban J connectivity index is 1.48. The zero-order valence-corrected chi connectivity index (χ0v) is 16.5. The van der Waals surface area contributed by atoms with Gasteiger partial charge in [-0.2, -0.15) is 0 Å². The third-order valence-corrected chi connectivity index (χ3v) is 4.95. The Labute approximate surface area is 168 Å². The van der Waals surface area contributed by atoms with Gasteiger partial charge in [-0.15, -0.1) is 0 Å². The third kappa shape index (κ3) is 3.85. The Morgan fingerprint density at radius 3 is 2.79 bits per heavy atom. The minimum Gasteiger partial charge on any atom is -0.494 e. The molecule has 1 aliphatic heterocycles. The minimum atomic E-state index is 0.486. The van der Waals surface area contributed by atoms with Crippen LogP contribution in [0.4, 0.5) is 5.95 Å². The second-order valence-corrected chi connectivity index (χ2v) is 6.92. The van der Waals surface area contributed by atoms with Gasteiger partial charge in [-0.25, -0.2) is 15.0 Å². The zero-order valence-electron chi connectivity index (χ0n) is 15.7. The van der Waals surface area contributed by atoms with Crippen molar-refractivity contribution < 1.29 is 4.74 Å². The van der Waals surface area contributed by atoms with Crippen molar-refractivity contribution in [3.8, 4) is 5.75 Å². The average molecular weight is 397 g/mol. The van der Waals surface area contributed by atoms with Crippen LogP contribution in [0.1, 0.15) is 11.3 Å². The van der Waals surface area contributed by atoms with E-state index in [1.165, 1.54) is 0 Å². The number of aliphatic imine (C=N–C) groups is 1. The molecule has 2 heterocycles. The first kappa shape index (κ1) is 18.5. The highest BCUT2D eigenvalue weighted by atomic mass is 35.5. The SMILES string of the molecule is COc1cccc2c(C)nc(NC3=NCN(Cc4ccccc4Cl)CN3)nc12. The average Bonchev–Trinajstić information content (AvgIpc) is 2.71. The van der Waals surface area contributed by atoms with E-state index in [0.717, 1.165) is 39.5 Å². The fourth-order valence-electron chi connectivity index (χ4n) is 3.13. The third-order valence-electron chi connectivity index (χ3n) is 4.58. The van der Waals surface area contributed by atoms with E-state index in [4.69, 9.17) is 16.3 Å². The Morgan fingerprint density at radius 1 is 1.18 bits per heavy atom. The Bertz CT molecular complexity index is 1040. The number of aryl methyl sites for hydroxylation is 1. The van der Waals surface area contributed by atoms with E-state index < -0.39 is 0 Å². The number of nitrogens with one attached hydrogen (secondary N) is 2. The molecule has 0 saturated heterocycles. The molecular weight excluding hydrogens is 376 g/mol. The zero-order chi connectivity index (χ0) is 19.5. The number of guanidine groups is 1. The molecular formula is C20H21ClN6O. The number of hydrogen-bond acceptors (Lipinski definition) is 7. The number of anilines is 1. The summed E-state index contributed by atoms with van der Waals surface area (Å²) >= 11 is 6.24. The lowest BCUT2D eigenvalue weighted by atomic mass is 10.2. The molecule has 0 atom stereocenters. The van der Waals surface area contributed by atoms with E-state index in [0.29, 0.717) is 25.2 Å². The van der Waals surface area contributed by atoms with Gasteiger partial charge in [0.25, 0.3) is 0 Å². The van der Waals surface area contributed by atoms with Crippen molar-refractivity contribution in [2.75, 3.05) is 25.8 Å². The van der Waals surface area contributed by atoms with E-state index in [2.05, 4.69) is 30.5 Å². The maximum atomic E-state index is 6.24. The van der Waals surface area contributed by atoms with Crippen molar-refractivity contribution in [2.24, 2.45) is 4.99 Å². The number of para-hydroxylation sites is 1. The van der Waals surface area contributed by atoms with E-state index in [-0.39, 0.29) is 0 Å². The number of hydrogen-bond donors (Lipinski definition) is 2. The number of fused-ring (bicyclic) bond motifs is 1. The van der Waals surface area contributed by atoms with Crippen LogP contribution in [0.15, 0.2) is 47.5 Å². The molecule has 144 valence electrons. The highest BCUT2D eigenvalue weighted by molar-refractivity contribution is 6.31. The van der Waals surface area contributed by atoms with Gasteiger partial charge in [-0.3, -0.25) is 10.2 Å². The Hall–Kier alpha value is -2.90. The van der Waals surface area contributed by atoms with Gasteiger partial charge in [0.15, 0.2) is 0 Å². The number of benzene rings is 2. The molecule has 4 rings (SSSR count). The first-order valence-electron chi connectivity index (χ1n) is 8.96. The lowest BCUT2D eigenvalue weighted by molar-refractivity contribution is 0.257. The lowest BCUT2D eigenvalue weighted by Crippen LogP contribution is -2.45. The molecule has 0 aliphatic carbocycles. The summed E-state index contributed by atoms with van der Waals surface area (Å²) in [7, 11) is 1.64. The van der Waals surface area contributed by atoms with Crippen LogP contribution in [0.2, 0.25) is 5.02 Å². The smallest absolute Gasteiger partial charge is 0.230 e. The maximum Gasteiger partial charge on any atom is 0.230 e. The molecule has 8 heteroatoms. The van der Waals surface area contributed by atoms with Crippen LogP contribution in [-0.4, -0.2) is 41.3 Å². The molecule has 1 aliphatic rings. The number of halogens is 1. The second-order valence-electron chi connectivity index (χ2n) is 6.52. The molecule has 2 aromatic carbocycles. The first-order valence-corrected chi connectivity index (χ1v) is 9.34. The summed E-state index contributed by atoms with van der Waals surface area (Å²) in [6.45, 7) is 3.88. The van der Waals surface area contributed by atoms with E-state index in [1.807, 2.05) is 49.4 Å². The molecule has 0 fully saturated rings. The van der Waals surface area contributed by atoms with Crippen molar-refractivity contribution in [3.63, 3.8) is 0 Å². The first-order chi connectivity index (χ1) is 13.6. The van der Waals surface area contributed by atoms with Crippen LogP contribution in [0, 0.1) is 6.92 Å². The van der Waals surface area contributed by atoms with Gasteiger partial charge in [0.1, 0.15) is 11.3 Å². The normalized spacial score (nSPS) is 14.5. The molecule has 0 spiro atoms. The molecule has 0 radical (unpaired) electrons. The van der Waals surface area contributed by atoms with Crippen LogP contribution in [0.25, 0.3) is 10.9 Å². The Morgan fingerprint density at radius 2 is 2.04 bits per heavy atom. The van der Waals surface area contributed by atoms with Crippen molar-refractivity contribution in [2.45, 2.75) is 13.5 Å². The summed E-state index contributed by atoms with van der Waals surface area (Å²) < 4.78 is 5.43. The minimum absolute atomic E-state index is 0.486. The molecule has 1 aromatic heterocycles.